The molecule has 0 fully saturated rings. The summed E-state index contributed by atoms with van der Waals surface area (Å²) in [5, 5.41) is 8.06. The number of hydrogen-bond acceptors (Lipinski definition) is 3. The van der Waals surface area contributed by atoms with Gasteiger partial charge < -0.3 is 20.7 Å². The molecule has 0 aliphatic heterocycles. The third kappa shape index (κ3) is 5.87. The summed E-state index contributed by atoms with van der Waals surface area (Å²) in [5.74, 6) is -0.241. The second-order valence-corrected chi connectivity index (χ2v) is 3.94. The van der Waals surface area contributed by atoms with Gasteiger partial charge in [0, 0.05) is 25.0 Å². The molecule has 0 heterocycles. The first-order chi connectivity index (χ1) is 9.15. The summed E-state index contributed by atoms with van der Waals surface area (Å²) >= 11 is 0. The van der Waals surface area contributed by atoms with E-state index in [2.05, 4.69) is 16.0 Å². The quantitative estimate of drug-likeness (QED) is 0.733. The number of carbonyl (C=O) groups is 2. The Kier molecular flexibility index (Phi) is 6.38. The minimum absolute atomic E-state index is 0.00532. The molecular formula is C13H19N3O3. The van der Waals surface area contributed by atoms with Crippen LogP contribution in [0.2, 0.25) is 0 Å². The van der Waals surface area contributed by atoms with E-state index in [0.29, 0.717) is 17.9 Å². The zero-order chi connectivity index (χ0) is 14.1. The number of nitrogens with one attached hydrogen (secondary N) is 3. The standard InChI is InChI=1S/C13H19N3O3/c1-3-7-14-13(18)16-11-6-4-5-10(8-11)15-12(17)9-19-2/h4-6,8H,3,7,9H2,1-2H3,(H,15,17)(H2,14,16,18). The molecule has 1 rings (SSSR count). The molecule has 0 aliphatic carbocycles. The van der Waals surface area contributed by atoms with Crippen molar-refractivity contribution in [3.05, 3.63) is 24.3 Å². The second-order valence-electron chi connectivity index (χ2n) is 3.94. The van der Waals surface area contributed by atoms with Crippen LogP contribution in [0.25, 0.3) is 0 Å². The van der Waals surface area contributed by atoms with Gasteiger partial charge >= 0.3 is 6.03 Å². The molecule has 0 aromatic heterocycles. The average Bonchev–Trinajstić information content (AvgIpc) is 2.37. The summed E-state index contributed by atoms with van der Waals surface area (Å²) in [6.07, 6.45) is 0.876. The van der Waals surface area contributed by atoms with Crippen LogP contribution in [0.5, 0.6) is 0 Å². The molecule has 0 aliphatic rings. The van der Waals surface area contributed by atoms with Gasteiger partial charge in [-0.15, -0.1) is 0 Å². The monoisotopic (exact) mass is 265 g/mol. The predicted molar refractivity (Wildman–Crippen MR) is 74.3 cm³/mol. The minimum atomic E-state index is -0.262. The SMILES string of the molecule is CCCNC(=O)Nc1cccc(NC(=O)COC)c1. The Labute approximate surface area is 112 Å². The first kappa shape index (κ1) is 15.0. The Morgan fingerprint density at radius 1 is 1.21 bits per heavy atom. The lowest BCUT2D eigenvalue weighted by Crippen LogP contribution is -2.29. The van der Waals surface area contributed by atoms with Crippen molar-refractivity contribution in [1.29, 1.82) is 0 Å². The van der Waals surface area contributed by atoms with Gasteiger partial charge in [0.15, 0.2) is 0 Å². The van der Waals surface area contributed by atoms with E-state index in [1.807, 2.05) is 6.92 Å². The van der Waals surface area contributed by atoms with Crippen LogP contribution < -0.4 is 16.0 Å². The van der Waals surface area contributed by atoms with Gasteiger partial charge in [0.05, 0.1) is 0 Å². The fourth-order valence-corrected chi connectivity index (χ4v) is 1.42. The third-order valence-electron chi connectivity index (χ3n) is 2.22. The number of ether oxygens (including phenoxy) is 1. The second kappa shape index (κ2) is 8.10. The first-order valence-electron chi connectivity index (χ1n) is 6.09. The topological polar surface area (TPSA) is 79.5 Å². The van der Waals surface area contributed by atoms with Gasteiger partial charge in [-0.05, 0) is 24.6 Å². The van der Waals surface area contributed by atoms with Gasteiger partial charge in [0.1, 0.15) is 6.61 Å². The summed E-state index contributed by atoms with van der Waals surface area (Å²) < 4.78 is 4.72. The van der Waals surface area contributed by atoms with Crippen molar-refractivity contribution in [2.45, 2.75) is 13.3 Å². The Morgan fingerprint density at radius 3 is 2.53 bits per heavy atom. The fourth-order valence-electron chi connectivity index (χ4n) is 1.42. The maximum Gasteiger partial charge on any atom is 0.319 e. The summed E-state index contributed by atoms with van der Waals surface area (Å²) in [6, 6.07) is 6.65. The van der Waals surface area contributed by atoms with Crippen LogP contribution in [0.3, 0.4) is 0 Å². The zero-order valence-corrected chi connectivity index (χ0v) is 11.2. The molecule has 1 aromatic carbocycles. The highest BCUT2D eigenvalue weighted by molar-refractivity contribution is 5.94. The lowest BCUT2D eigenvalue weighted by Gasteiger charge is -2.09. The molecule has 104 valence electrons. The number of methoxy groups -OCH3 is 1. The summed E-state index contributed by atoms with van der Waals surface area (Å²) in [6.45, 7) is 2.59. The molecule has 19 heavy (non-hydrogen) atoms. The van der Waals surface area contributed by atoms with E-state index in [0.717, 1.165) is 6.42 Å². The lowest BCUT2D eigenvalue weighted by atomic mass is 10.2. The molecule has 1 aromatic rings. The highest BCUT2D eigenvalue weighted by Gasteiger charge is 2.04. The number of rotatable bonds is 6. The molecule has 0 spiro atoms. The Balaban J connectivity index is 2.56. The van der Waals surface area contributed by atoms with Crippen molar-refractivity contribution in [1.82, 2.24) is 5.32 Å². The van der Waals surface area contributed by atoms with Crippen molar-refractivity contribution >= 4 is 23.3 Å². The van der Waals surface area contributed by atoms with E-state index in [1.54, 1.807) is 24.3 Å². The van der Waals surface area contributed by atoms with E-state index >= 15 is 0 Å². The predicted octanol–water partition coefficient (Wildman–Crippen LogP) is 1.80. The van der Waals surface area contributed by atoms with Gasteiger partial charge in [0.2, 0.25) is 5.91 Å². The number of hydrogen-bond donors (Lipinski definition) is 3. The van der Waals surface area contributed by atoms with E-state index < -0.39 is 0 Å². The van der Waals surface area contributed by atoms with E-state index in [1.165, 1.54) is 7.11 Å². The molecule has 3 N–H and O–H groups in total. The number of urea groups is 1. The maximum atomic E-state index is 11.5. The smallest absolute Gasteiger partial charge is 0.319 e. The van der Waals surface area contributed by atoms with Crippen LogP contribution in [0, 0.1) is 0 Å². The minimum Gasteiger partial charge on any atom is -0.375 e. The summed E-state index contributed by atoms with van der Waals surface area (Å²) in [5.41, 5.74) is 1.22. The third-order valence-corrected chi connectivity index (χ3v) is 2.22. The van der Waals surface area contributed by atoms with Gasteiger partial charge in [-0.1, -0.05) is 13.0 Å². The van der Waals surface area contributed by atoms with Crippen LogP contribution in [-0.2, 0) is 9.53 Å². The molecule has 0 saturated heterocycles. The van der Waals surface area contributed by atoms with Crippen LogP contribution in [-0.4, -0.2) is 32.2 Å². The van der Waals surface area contributed by atoms with Gasteiger partial charge in [-0.2, -0.15) is 0 Å². The van der Waals surface area contributed by atoms with Crippen molar-refractivity contribution in [2.24, 2.45) is 0 Å². The molecule has 0 bridgehead atoms. The zero-order valence-electron chi connectivity index (χ0n) is 11.2. The van der Waals surface area contributed by atoms with Crippen molar-refractivity contribution in [3.8, 4) is 0 Å². The van der Waals surface area contributed by atoms with Crippen molar-refractivity contribution in [3.63, 3.8) is 0 Å². The Bertz CT molecular complexity index is 435. The molecule has 6 heteroatoms. The van der Waals surface area contributed by atoms with Gasteiger partial charge in [-0.3, -0.25) is 4.79 Å². The van der Waals surface area contributed by atoms with Crippen LogP contribution in [0.15, 0.2) is 24.3 Å². The largest absolute Gasteiger partial charge is 0.375 e. The molecule has 6 nitrogen and oxygen atoms in total. The number of carbonyl (C=O) groups excluding carboxylic acids is 2. The summed E-state index contributed by atoms with van der Waals surface area (Å²) in [7, 11) is 1.45. The average molecular weight is 265 g/mol. The van der Waals surface area contributed by atoms with Gasteiger partial charge in [0.25, 0.3) is 0 Å². The van der Waals surface area contributed by atoms with E-state index in [-0.39, 0.29) is 18.5 Å². The number of anilines is 2. The molecule has 3 amide bonds. The number of benzene rings is 1. The van der Waals surface area contributed by atoms with Crippen molar-refractivity contribution in [2.75, 3.05) is 30.9 Å². The normalized spacial score (nSPS) is 9.79. The highest BCUT2D eigenvalue weighted by Crippen LogP contribution is 2.14. The van der Waals surface area contributed by atoms with E-state index in [9.17, 15) is 9.59 Å². The molecule has 0 unspecified atom stereocenters. The number of amides is 3. The fraction of sp³-hybridized carbons (Fsp3) is 0.385. The van der Waals surface area contributed by atoms with Crippen LogP contribution in [0.4, 0.5) is 16.2 Å². The molecule has 0 radical (unpaired) electrons. The van der Waals surface area contributed by atoms with Crippen molar-refractivity contribution < 1.29 is 14.3 Å². The van der Waals surface area contributed by atoms with Crippen LogP contribution >= 0.6 is 0 Å². The van der Waals surface area contributed by atoms with E-state index in [4.69, 9.17) is 4.74 Å². The maximum absolute atomic E-state index is 11.5. The first-order valence-corrected chi connectivity index (χ1v) is 6.09. The Morgan fingerprint density at radius 2 is 1.89 bits per heavy atom. The molecule has 0 atom stereocenters. The Hall–Kier alpha value is -2.08. The molecular weight excluding hydrogens is 246 g/mol. The summed E-state index contributed by atoms with van der Waals surface area (Å²) in [4.78, 5) is 22.8. The van der Waals surface area contributed by atoms with Crippen LogP contribution in [0.1, 0.15) is 13.3 Å². The lowest BCUT2D eigenvalue weighted by molar-refractivity contribution is -0.119. The highest BCUT2D eigenvalue weighted by atomic mass is 16.5. The molecule has 0 saturated carbocycles. The van der Waals surface area contributed by atoms with Gasteiger partial charge in [-0.25, -0.2) is 4.79 Å².